The van der Waals surface area contributed by atoms with Gasteiger partial charge in [0.15, 0.2) is 0 Å². The van der Waals surface area contributed by atoms with E-state index in [0.717, 1.165) is 25.7 Å². The average Bonchev–Trinajstić information content (AvgIpc) is 2.78. The Hall–Kier alpha value is -0.660. The van der Waals surface area contributed by atoms with Crippen molar-refractivity contribution >= 4 is 11.6 Å². The van der Waals surface area contributed by atoms with Crippen LogP contribution >= 0.6 is 0 Å². The summed E-state index contributed by atoms with van der Waals surface area (Å²) in [6, 6.07) is 0. The van der Waals surface area contributed by atoms with Crippen LogP contribution in [0.2, 0.25) is 0 Å². The molecule has 0 aromatic heterocycles. The minimum Gasteiger partial charge on any atom is -0.300 e. The molecule has 0 amide bonds. The van der Waals surface area contributed by atoms with Crippen LogP contribution in [0.3, 0.4) is 0 Å². The lowest BCUT2D eigenvalue weighted by atomic mass is 9.44. The molecule has 4 rings (SSSR count). The van der Waals surface area contributed by atoms with Crippen molar-refractivity contribution in [3.05, 3.63) is 0 Å². The monoisotopic (exact) mass is 322 g/mol. The smallest absolute Gasteiger partial charge is 0.133 e. The van der Waals surface area contributed by atoms with Crippen LogP contribution in [0.1, 0.15) is 86.7 Å². The number of carbonyl (C=O) groups is 2. The van der Waals surface area contributed by atoms with Crippen molar-refractivity contribution in [3.8, 4) is 0 Å². The van der Waals surface area contributed by atoms with Gasteiger partial charge in [-0.3, -0.25) is 9.59 Å². The number of ketones is 2. The molecule has 0 aromatic carbocycles. The molecule has 0 bridgehead atoms. The van der Waals surface area contributed by atoms with E-state index in [-0.39, 0.29) is 23.7 Å². The molecule has 4 fully saturated rings. The van der Waals surface area contributed by atoms with Gasteiger partial charge in [-0.1, -0.05) is 13.8 Å². The van der Waals surface area contributed by atoms with Crippen LogP contribution in [0.25, 0.3) is 0 Å². The molecule has 4 saturated carbocycles. The molecule has 0 heterocycles. The molecular weight excluding hydrogens is 284 g/mol. The molecule has 4 aliphatic carbocycles. The summed E-state index contributed by atoms with van der Waals surface area (Å²) in [5, 5.41) is 0. The second kappa shape index (κ2) is 5.17. The molecule has 0 unspecified atom stereocenters. The molecule has 23 heavy (non-hydrogen) atoms. The van der Waals surface area contributed by atoms with Crippen molar-refractivity contribution in [2.75, 3.05) is 0 Å². The summed E-state index contributed by atoms with van der Waals surface area (Å²) >= 11 is 0. The van der Waals surface area contributed by atoms with E-state index in [1.54, 1.807) is 6.92 Å². The van der Waals surface area contributed by atoms with Gasteiger partial charge in [-0.05, 0) is 86.3 Å². The second-order valence-electron chi connectivity index (χ2n) is 8.94. The second-order valence-corrected chi connectivity index (χ2v) is 8.94. The van der Waals surface area contributed by atoms with Gasteiger partial charge in [-0.2, -0.15) is 0 Å². The van der Waals surface area contributed by atoms with E-state index in [2.05, 4.69) is 6.92 Å². The van der Waals surface area contributed by atoms with E-state index < -0.39 is 30.3 Å². The molecule has 0 aromatic rings. The van der Waals surface area contributed by atoms with Gasteiger partial charge in [0.05, 0.1) is 0 Å². The standard InChI is InChI=1S/C21H32O2/c1-13(22)17-6-7-18-16-5-4-14-12-15(23)8-10-20(14,2)19(16)9-11-21(17,18)3/h14,16-19H,4-12H2,1-3H3/t14-,16-,17+,18-,19-,20-,21+/m0/s1/i1D3,6D2,17D. The Morgan fingerprint density at radius 2 is 1.96 bits per heavy atom. The van der Waals surface area contributed by atoms with E-state index in [4.69, 9.17) is 8.22 Å². The first kappa shape index (κ1) is 10.4. The third-order valence-electron chi connectivity index (χ3n) is 8.17. The maximum atomic E-state index is 12.9. The van der Waals surface area contributed by atoms with Gasteiger partial charge in [-0.15, -0.1) is 0 Å². The minimum atomic E-state index is -2.97. The van der Waals surface area contributed by atoms with E-state index >= 15 is 0 Å². The van der Waals surface area contributed by atoms with Gasteiger partial charge in [0.1, 0.15) is 11.6 Å². The van der Waals surface area contributed by atoms with Crippen LogP contribution in [0, 0.1) is 40.4 Å². The lowest BCUT2D eigenvalue weighted by Gasteiger charge is -2.60. The van der Waals surface area contributed by atoms with Crippen molar-refractivity contribution in [2.24, 2.45) is 40.4 Å². The minimum absolute atomic E-state index is 0.0478. The highest BCUT2D eigenvalue weighted by Gasteiger charge is 2.60. The molecule has 0 aliphatic heterocycles. The molecule has 128 valence electrons. The van der Waals surface area contributed by atoms with Gasteiger partial charge < -0.3 is 0 Å². The van der Waals surface area contributed by atoms with Crippen molar-refractivity contribution in [1.29, 1.82) is 0 Å². The van der Waals surface area contributed by atoms with Crippen LogP contribution in [-0.2, 0) is 9.59 Å². The Balaban J connectivity index is 1.73. The predicted octanol–water partition coefficient (Wildman–Crippen LogP) is 4.80. The SMILES string of the molecule is [2H]C([2H])([2H])C(=O)[C@@]1([2H])C([2H])([2H])C[C@H]2[C@@H]3CC[C@H]4CC(=O)CC[C@]4(C)[C@H]3CC[C@@]21C. The number of carbonyl (C=O) groups excluding carboxylic acids is 2. The molecule has 0 spiro atoms. The van der Waals surface area contributed by atoms with Crippen LogP contribution in [-0.4, -0.2) is 11.6 Å². The highest BCUT2D eigenvalue weighted by Crippen LogP contribution is 2.67. The first-order chi connectivity index (χ1) is 13.2. The van der Waals surface area contributed by atoms with Crippen LogP contribution in [0.4, 0.5) is 0 Å². The molecule has 0 saturated heterocycles. The van der Waals surface area contributed by atoms with Crippen molar-refractivity contribution < 1.29 is 17.8 Å². The predicted molar refractivity (Wildman–Crippen MR) is 90.9 cm³/mol. The van der Waals surface area contributed by atoms with Crippen molar-refractivity contribution in [2.45, 2.75) is 78.4 Å². The highest BCUT2D eigenvalue weighted by molar-refractivity contribution is 5.80. The zero-order valence-corrected chi connectivity index (χ0v) is 14.3. The Kier molecular flexibility index (Phi) is 2.33. The molecule has 0 N–H and O–H groups in total. The number of hydrogen-bond donors (Lipinski definition) is 0. The fourth-order valence-corrected chi connectivity index (χ4v) is 6.81. The summed E-state index contributed by atoms with van der Waals surface area (Å²) in [6.07, 6.45) is 3.13. The topological polar surface area (TPSA) is 34.1 Å². The molecule has 7 atom stereocenters. The Labute approximate surface area is 149 Å². The Morgan fingerprint density at radius 1 is 1.17 bits per heavy atom. The van der Waals surface area contributed by atoms with Crippen molar-refractivity contribution in [1.82, 2.24) is 0 Å². The number of rotatable bonds is 1. The summed E-state index contributed by atoms with van der Waals surface area (Å²) in [5.74, 6) is -2.39. The summed E-state index contributed by atoms with van der Waals surface area (Å²) in [5.41, 5.74) is -0.928. The molecule has 4 aliphatic rings. The van der Waals surface area contributed by atoms with Gasteiger partial charge in [0, 0.05) is 27.0 Å². The Morgan fingerprint density at radius 3 is 2.74 bits per heavy atom. The van der Waals surface area contributed by atoms with Crippen LogP contribution in [0.15, 0.2) is 0 Å². The number of fused-ring (bicyclic) bond motifs is 5. The summed E-state index contributed by atoms with van der Waals surface area (Å²) in [4.78, 5) is 25.0. The normalized spacial score (nSPS) is 62.3. The zero-order valence-electron chi connectivity index (χ0n) is 20.3. The van der Waals surface area contributed by atoms with Gasteiger partial charge in [0.25, 0.3) is 0 Å². The lowest BCUT2D eigenvalue weighted by molar-refractivity contribution is -0.143. The van der Waals surface area contributed by atoms with E-state index in [9.17, 15) is 9.59 Å². The van der Waals surface area contributed by atoms with Crippen molar-refractivity contribution in [3.63, 3.8) is 0 Å². The van der Waals surface area contributed by atoms with Crippen LogP contribution < -0.4 is 0 Å². The van der Waals surface area contributed by atoms with Gasteiger partial charge in [-0.25, -0.2) is 0 Å². The third kappa shape index (κ3) is 2.12. The quantitative estimate of drug-likeness (QED) is 0.694. The number of hydrogen-bond acceptors (Lipinski definition) is 2. The Bertz CT molecular complexity index is 748. The molecular formula is C21H32O2. The van der Waals surface area contributed by atoms with Gasteiger partial charge in [0.2, 0.25) is 0 Å². The lowest BCUT2D eigenvalue weighted by Crippen LogP contribution is -2.53. The summed E-state index contributed by atoms with van der Waals surface area (Å²) in [7, 11) is 0. The zero-order chi connectivity index (χ0) is 21.6. The summed E-state index contributed by atoms with van der Waals surface area (Å²) < 4.78 is 49.0. The molecule has 2 nitrogen and oxygen atoms in total. The number of Topliss-reactive ketones (excluding diaryl/α,β-unsaturated/α-hetero) is 2. The van der Waals surface area contributed by atoms with E-state index in [0.29, 0.717) is 36.9 Å². The average molecular weight is 323 g/mol. The van der Waals surface area contributed by atoms with Gasteiger partial charge >= 0.3 is 0 Å². The molecule has 0 radical (unpaired) electrons. The maximum Gasteiger partial charge on any atom is 0.133 e. The fraction of sp³-hybridized carbons (Fsp3) is 0.905. The third-order valence-corrected chi connectivity index (χ3v) is 8.17. The van der Waals surface area contributed by atoms with Crippen LogP contribution in [0.5, 0.6) is 0 Å². The summed E-state index contributed by atoms with van der Waals surface area (Å²) in [6.45, 7) is 1.11. The first-order valence-corrected chi connectivity index (χ1v) is 9.25. The first-order valence-electron chi connectivity index (χ1n) is 12.2. The van der Waals surface area contributed by atoms with E-state index in [1.807, 2.05) is 0 Å². The molecule has 2 heteroatoms. The highest BCUT2D eigenvalue weighted by atomic mass is 16.1. The fourth-order valence-electron chi connectivity index (χ4n) is 6.81. The largest absolute Gasteiger partial charge is 0.300 e. The van der Waals surface area contributed by atoms with E-state index in [1.165, 1.54) is 0 Å². The maximum absolute atomic E-state index is 12.9.